The van der Waals surface area contributed by atoms with Crippen LogP contribution in [0.3, 0.4) is 0 Å². The van der Waals surface area contributed by atoms with Crippen molar-refractivity contribution < 1.29 is 9.47 Å². The van der Waals surface area contributed by atoms with Crippen molar-refractivity contribution in [1.29, 1.82) is 0 Å². The molecule has 0 aromatic carbocycles. The van der Waals surface area contributed by atoms with Gasteiger partial charge in [-0.2, -0.15) is 0 Å². The molecule has 0 aromatic heterocycles. The normalized spacial score (nSPS) is 36.0. The molecule has 1 saturated heterocycles. The standard InChI is InChI=1S/C17H33NO2/c1-16(2,3)14-6-5-7-15(9-8-14)18-12-17(19-4)10-11-20-13-17/h14-15,18H,5-13H2,1-4H3. The predicted octanol–water partition coefficient (Wildman–Crippen LogP) is 3.38. The van der Waals surface area contributed by atoms with Crippen molar-refractivity contribution in [2.75, 3.05) is 26.9 Å². The van der Waals surface area contributed by atoms with Crippen LogP contribution in [-0.4, -0.2) is 38.5 Å². The van der Waals surface area contributed by atoms with E-state index in [-0.39, 0.29) is 5.60 Å². The summed E-state index contributed by atoms with van der Waals surface area (Å²) in [5, 5.41) is 3.76. The van der Waals surface area contributed by atoms with Crippen molar-refractivity contribution in [2.24, 2.45) is 11.3 Å². The van der Waals surface area contributed by atoms with E-state index in [1.807, 2.05) is 7.11 Å². The Kier molecular flexibility index (Phi) is 5.49. The van der Waals surface area contributed by atoms with E-state index in [0.717, 1.165) is 32.1 Å². The summed E-state index contributed by atoms with van der Waals surface area (Å²) in [5.41, 5.74) is 0.387. The average molecular weight is 283 g/mol. The number of nitrogens with one attached hydrogen (secondary N) is 1. The van der Waals surface area contributed by atoms with Gasteiger partial charge in [0, 0.05) is 32.7 Å². The molecule has 0 amide bonds. The Bertz CT molecular complexity index is 292. The molecular weight excluding hydrogens is 250 g/mol. The summed E-state index contributed by atoms with van der Waals surface area (Å²) in [6, 6.07) is 0.662. The quantitative estimate of drug-likeness (QED) is 0.802. The van der Waals surface area contributed by atoms with Crippen LogP contribution in [0.2, 0.25) is 0 Å². The SMILES string of the molecule is COC1(CNC2CCCC(C(C)(C)C)CC2)CCOC1. The van der Waals surface area contributed by atoms with Crippen LogP contribution >= 0.6 is 0 Å². The molecule has 3 atom stereocenters. The van der Waals surface area contributed by atoms with E-state index in [2.05, 4.69) is 26.1 Å². The third-order valence-corrected chi connectivity index (χ3v) is 5.41. The Hall–Kier alpha value is -0.120. The molecule has 1 N–H and O–H groups in total. The van der Waals surface area contributed by atoms with E-state index in [1.54, 1.807) is 0 Å². The molecule has 1 heterocycles. The molecule has 0 bridgehead atoms. The van der Waals surface area contributed by atoms with Crippen molar-refractivity contribution in [2.45, 2.75) is 70.9 Å². The second-order valence-corrected chi connectivity index (χ2v) is 7.84. The van der Waals surface area contributed by atoms with Crippen LogP contribution in [0.1, 0.15) is 59.3 Å². The molecule has 2 rings (SSSR count). The zero-order chi connectivity index (χ0) is 14.6. The van der Waals surface area contributed by atoms with Gasteiger partial charge in [-0.05, 0) is 37.0 Å². The van der Waals surface area contributed by atoms with Crippen LogP contribution in [0.15, 0.2) is 0 Å². The summed E-state index contributed by atoms with van der Waals surface area (Å²) in [5.74, 6) is 0.875. The largest absolute Gasteiger partial charge is 0.378 e. The Morgan fingerprint density at radius 1 is 1.20 bits per heavy atom. The van der Waals surface area contributed by atoms with Gasteiger partial charge in [0.05, 0.1) is 6.61 Å². The molecule has 3 nitrogen and oxygen atoms in total. The Morgan fingerprint density at radius 3 is 2.60 bits per heavy atom. The van der Waals surface area contributed by atoms with Crippen LogP contribution in [0, 0.1) is 11.3 Å². The van der Waals surface area contributed by atoms with Gasteiger partial charge in [-0.25, -0.2) is 0 Å². The average Bonchev–Trinajstić information content (AvgIpc) is 2.73. The van der Waals surface area contributed by atoms with Gasteiger partial charge >= 0.3 is 0 Å². The van der Waals surface area contributed by atoms with Gasteiger partial charge in [0.2, 0.25) is 0 Å². The summed E-state index contributed by atoms with van der Waals surface area (Å²) >= 11 is 0. The molecule has 0 aromatic rings. The van der Waals surface area contributed by atoms with Gasteiger partial charge in [-0.3, -0.25) is 0 Å². The minimum atomic E-state index is -0.0737. The fourth-order valence-electron chi connectivity index (χ4n) is 3.66. The third-order valence-electron chi connectivity index (χ3n) is 5.41. The second-order valence-electron chi connectivity index (χ2n) is 7.84. The van der Waals surface area contributed by atoms with Crippen molar-refractivity contribution in [3.63, 3.8) is 0 Å². The minimum Gasteiger partial charge on any atom is -0.378 e. The first kappa shape index (κ1) is 16.3. The predicted molar refractivity (Wildman–Crippen MR) is 83.0 cm³/mol. The lowest BCUT2D eigenvalue weighted by Gasteiger charge is -2.30. The Morgan fingerprint density at radius 2 is 2.00 bits per heavy atom. The van der Waals surface area contributed by atoms with E-state index in [0.29, 0.717) is 11.5 Å². The van der Waals surface area contributed by atoms with Gasteiger partial charge in [0.15, 0.2) is 0 Å². The van der Waals surface area contributed by atoms with Crippen molar-refractivity contribution in [3.8, 4) is 0 Å². The lowest BCUT2D eigenvalue weighted by atomic mass is 9.76. The van der Waals surface area contributed by atoms with Crippen molar-refractivity contribution in [1.82, 2.24) is 5.32 Å². The first-order valence-corrected chi connectivity index (χ1v) is 8.31. The Balaban J connectivity index is 1.79. The zero-order valence-corrected chi connectivity index (χ0v) is 13.8. The highest BCUT2D eigenvalue weighted by molar-refractivity contribution is 4.89. The third kappa shape index (κ3) is 4.19. The number of hydrogen-bond donors (Lipinski definition) is 1. The second kappa shape index (κ2) is 6.76. The lowest BCUT2D eigenvalue weighted by molar-refractivity contribution is -0.0178. The molecule has 118 valence electrons. The summed E-state index contributed by atoms with van der Waals surface area (Å²) in [7, 11) is 1.82. The molecule has 0 radical (unpaired) electrons. The fourth-order valence-corrected chi connectivity index (χ4v) is 3.66. The maximum absolute atomic E-state index is 5.71. The van der Waals surface area contributed by atoms with Gasteiger partial charge in [-0.1, -0.05) is 27.2 Å². The zero-order valence-electron chi connectivity index (χ0n) is 13.8. The van der Waals surface area contributed by atoms with E-state index in [4.69, 9.17) is 9.47 Å². The molecule has 2 aliphatic rings. The molecule has 20 heavy (non-hydrogen) atoms. The highest BCUT2D eigenvalue weighted by Crippen LogP contribution is 2.36. The maximum Gasteiger partial charge on any atom is 0.106 e. The molecule has 3 heteroatoms. The van der Waals surface area contributed by atoms with Crippen molar-refractivity contribution in [3.05, 3.63) is 0 Å². The van der Waals surface area contributed by atoms with Gasteiger partial charge in [0.1, 0.15) is 5.60 Å². The minimum absolute atomic E-state index is 0.0737. The molecule has 3 unspecified atom stereocenters. The lowest BCUT2D eigenvalue weighted by Crippen LogP contribution is -2.46. The number of ether oxygens (including phenoxy) is 2. The van der Waals surface area contributed by atoms with E-state index < -0.39 is 0 Å². The molecule has 1 aliphatic carbocycles. The van der Waals surface area contributed by atoms with E-state index in [1.165, 1.54) is 32.1 Å². The number of rotatable bonds is 4. The maximum atomic E-state index is 5.71. The topological polar surface area (TPSA) is 30.5 Å². The first-order chi connectivity index (χ1) is 9.45. The van der Waals surface area contributed by atoms with Crippen LogP contribution in [0.4, 0.5) is 0 Å². The summed E-state index contributed by atoms with van der Waals surface area (Å²) in [6.45, 7) is 9.69. The number of methoxy groups -OCH3 is 1. The number of hydrogen-bond acceptors (Lipinski definition) is 3. The van der Waals surface area contributed by atoms with Crippen LogP contribution in [-0.2, 0) is 9.47 Å². The molecule has 1 aliphatic heterocycles. The summed E-state index contributed by atoms with van der Waals surface area (Å²) in [6.07, 6.45) is 7.75. The van der Waals surface area contributed by atoms with Crippen LogP contribution < -0.4 is 5.32 Å². The van der Waals surface area contributed by atoms with Crippen LogP contribution in [0.25, 0.3) is 0 Å². The molecular formula is C17H33NO2. The van der Waals surface area contributed by atoms with E-state index >= 15 is 0 Å². The summed E-state index contributed by atoms with van der Waals surface area (Å²) in [4.78, 5) is 0. The molecule has 1 saturated carbocycles. The van der Waals surface area contributed by atoms with Gasteiger partial charge in [-0.15, -0.1) is 0 Å². The molecule has 2 fully saturated rings. The monoisotopic (exact) mass is 283 g/mol. The van der Waals surface area contributed by atoms with Gasteiger partial charge < -0.3 is 14.8 Å². The highest BCUT2D eigenvalue weighted by Gasteiger charge is 2.35. The molecule has 0 spiro atoms. The Labute approximate surface area is 124 Å². The summed E-state index contributed by atoms with van der Waals surface area (Å²) < 4.78 is 11.2. The first-order valence-electron chi connectivity index (χ1n) is 8.31. The fraction of sp³-hybridized carbons (Fsp3) is 1.00. The smallest absolute Gasteiger partial charge is 0.106 e. The highest BCUT2D eigenvalue weighted by atomic mass is 16.5. The van der Waals surface area contributed by atoms with Crippen molar-refractivity contribution >= 4 is 0 Å². The van der Waals surface area contributed by atoms with E-state index in [9.17, 15) is 0 Å². The van der Waals surface area contributed by atoms with Gasteiger partial charge in [0.25, 0.3) is 0 Å². The van der Waals surface area contributed by atoms with Crippen LogP contribution in [0.5, 0.6) is 0 Å².